The number of primary amides is 1. The van der Waals surface area contributed by atoms with Crippen LogP contribution in [0, 0.1) is 23.5 Å². The molecule has 352 valence electrons. The van der Waals surface area contributed by atoms with Crippen molar-refractivity contribution in [2.24, 2.45) is 24.6 Å². The molecule has 0 spiro atoms. The van der Waals surface area contributed by atoms with Crippen LogP contribution in [0.25, 0.3) is 22.0 Å². The highest BCUT2D eigenvalue weighted by atomic mass is 35.5. The molecule has 4 heterocycles. The molecule has 4 aromatic carbocycles. The number of fused-ring (bicyclic) bond motifs is 2. The molecule has 0 radical (unpaired) electrons. The summed E-state index contributed by atoms with van der Waals surface area (Å²) in [6.45, 7) is 4.86. The summed E-state index contributed by atoms with van der Waals surface area (Å²) in [7, 11) is 3.17. The Hall–Kier alpha value is -6.26. The summed E-state index contributed by atoms with van der Waals surface area (Å²) < 4.78 is 45.8. The van der Waals surface area contributed by atoms with Crippen LogP contribution in [0.5, 0.6) is 11.5 Å². The number of hydrogen-bond donors (Lipinski definition) is 4. The molecule has 5 N–H and O–H groups in total. The molecule has 9 rings (SSSR count). The number of para-hydroxylation sites is 1. The molecule has 0 bridgehead atoms. The zero-order valence-corrected chi connectivity index (χ0v) is 38.6. The third kappa shape index (κ3) is 8.54. The third-order valence-corrected chi connectivity index (χ3v) is 14.8. The number of nitrogens with zero attached hydrogens (tertiary/aromatic N) is 4. The maximum Gasteiger partial charge on any atom is 0.329 e. The van der Waals surface area contributed by atoms with Gasteiger partial charge in [-0.15, -0.1) is 0 Å². The van der Waals surface area contributed by atoms with E-state index in [9.17, 15) is 19.2 Å². The van der Waals surface area contributed by atoms with E-state index in [1.165, 1.54) is 30.2 Å². The number of amides is 5. The molecule has 2 atom stereocenters. The van der Waals surface area contributed by atoms with Gasteiger partial charge in [0, 0.05) is 92.2 Å². The van der Waals surface area contributed by atoms with Gasteiger partial charge in [0.1, 0.15) is 11.6 Å². The second-order valence-corrected chi connectivity index (χ2v) is 18.6. The Morgan fingerprint density at radius 2 is 1.73 bits per heavy atom. The Morgan fingerprint density at radius 1 is 0.985 bits per heavy atom. The van der Waals surface area contributed by atoms with Crippen molar-refractivity contribution >= 4 is 57.8 Å². The first-order valence-corrected chi connectivity index (χ1v) is 23.4. The van der Waals surface area contributed by atoms with Gasteiger partial charge in [0.15, 0.2) is 23.0 Å². The number of nitrogens with one attached hydrogen (secondary N) is 3. The van der Waals surface area contributed by atoms with E-state index < -0.39 is 35.1 Å². The Balaban J connectivity index is 0.803. The molecule has 1 aromatic heterocycles. The molecule has 1 aliphatic carbocycles. The highest BCUT2D eigenvalue weighted by molar-refractivity contribution is 6.34. The Bertz CT molecular complexity index is 2740. The van der Waals surface area contributed by atoms with E-state index in [0.717, 1.165) is 67.3 Å². The SMILES string of the molecule is COc1ccc(C(N)=O)c(-c2c(Cl)c(F)cc3c2C(C)C(CNC2CCC(C(=O)NCCC4CCN(c5cccc6c(N7CCC(=O)NC7=O)nn(C)c56)CC4)CC2)(c2ccccc2)O3)c1F. The summed E-state index contributed by atoms with van der Waals surface area (Å²) in [6.07, 6.45) is 6.06. The van der Waals surface area contributed by atoms with Gasteiger partial charge >= 0.3 is 6.03 Å². The van der Waals surface area contributed by atoms with Crippen LogP contribution < -0.4 is 41.0 Å². The van der Waals surface area contributed by atoms with Crippen LogP contribution in [0.3, 0.4) is 0 Å². The van der Waals surface area contributed by atoms with E-state index in [1.807, 2.05) is 61.1 Å². The smallest absolute Gasteiger partial charge is 0.329 e. The monoisotopic (exact) mass is 936 g/mol. The fourth-order valence-electron chi connectivity index (χ4n) is 10.8. The highest BCUT2D eigenvalue weighted by Crippen LogP contribution is 2.56. The fraction of sp³-hybridized carbons (Fsp3) is 0.420. The van der Waals surface area contributed by atoms with Gasteiger partial charge in [-0.25, -0.2) is 13.6 Å². The summed E-state index contributed by atoms with van der Waals surface area (Å²) in [5.74, 6) is -2.40. The molecule has 3 fully saturated rings. The van der Waals surface area contributed by atoms with Crippen molar-refractivity contribution in [3.05, 3.63) is 100 Å². The fourth-order valence-corrected chi connectivity index (χ4v) is 11.0. The molecule has 3 aliphatic heterocycles. The third-order valence-electron chi connectivity index (χ3n) is 14.4. The maximum absolute atomic E-state index is 16.2. The number of methoxy groups -OCH3 is 1. The number of urea groups is 1. The zero-order valence-electron chi connectivity index (χ0n) is 37.8. The quantitative estimate of drug-likeness (QED) is 0.0924. The van der Waals surface area contributed by atoms with Gasteiger partial charge in [0.25, 0.3) is 0 Å². The number of halogens is 3. The number of carbonyl (C=O) groups is 4. The number of imide groups is 1. The molecule has 67 heavy (non-hydrogen) atoms. The molecule has 14 nitrogen and oxygen atoms in total. The number of rotatable bonds is 13. The lowest BCUT2D eigenvalue weighted by Gasteiger charge is -2.37. The van der Waals surface area contributed by atoms with Gasteiger partial charge in [-0.1, -0.05) is 54.9 Å². The molecule has 2 unspecified atom stereocenters. The Labute approximate surface area is 392 Å². The van der Waals surface area contributed by atoms with Crippen LogP contribution in [0.2, 0.25) is 5.02 Å². The number of nitrogens with two attached hydrogens (primary N) is 1. The number of piperidine rings is 1. The van der Waals surface area contributed by atoms with Crippen LogP contribution in [0.1, 0.15) is 85.7 Å². The second-order valence-electron chi connectivity index (χ2n) is 18.2. The van der Waals surface area contributed by atoms with Crippen molar-refractivity contribution in [1.82, 2.24) is 25.7 Å². The van der Waals surface area contributed by atoms with Crippen molar-refractivity contribution in [3.63, 3.8) is 0 Å². The van der Waals surface area contributed by atoms with Crippen molar-refractivity contribution in [3.8, 4) is 22.6 Å². The van der Waals surface area contributed by atoms with Crippen LogP contribution in [0.15, 0.2) is 66.7 Å². The summed E-state index contributed by atoms with van der Waals surface area (Å²) in [4.78, 5) is 54.4. The van der Waals surface area contributed by atoms with E-state index in [2.05, 4.69) is 26.9 Å². The minimum absolute atomic E-state index is 0.00937. The highest BCUT2D eigenvalue weighted by Gasteiger charge is 2.50. The van der Waals surface area contributed by atoms with Gasteiger partial charge in [-0.2, -0.15) is 5.10 Å². The summed E-state index contributed by atoms with van der Waals surface area (Å²) in [5, 5.41) is 14.5. The first-order chi connectivity index (χ1) is 32.3. The first kappa shape index (κ1) is 45.9. The lowest BCUT2D eigenvalue weighted by molar-refractivity contribution is -0.126. The standard InChI is InChI=1S/C50H55ClF2N8O6/c1-28-40-38(26-35(52)43(51)42(40)41-33(46(54)63)16-17-37(66-3)44(41)53)67-50(28,31-8-5-4-6-9-31)27-56-32-14-12-30(13-15-32)48(64)55-22-18-29-19-23-60(24-20-29)36-11-7-10-34-45(36)59(2)58-47(34)61-25-21-39(62)57-49(61)65/h4-11,16-17,26,28-30,32,56H,12-15,18-25,27H2,1-3H3,(H2,54,63)(H,55,64)(H,57,62,65). The number of anilines is 2. The molecule has 2 saturated heterocycles. The van der Waals surface area contributed by atoms with Crippen LogP contribution in [-0.2, 0) is 22.2 Å². The van der Waals surface area contributed by atoms with E-state index in [4.69, 9.17) is 31.9 Å². The number of aryl methyl sites for hydroxylation is 1. The van der Waals surface area contributed by atoms with E-state index in [1.54, 1.807) is 0 Å². The van der Waals surface area contributed by atoms with Gasteiger partial charge in [0.2, 0.25) is 17.7 Å². The maximum atomic E-state index is 16.2. The summed E-state index contributed by atoms with van der Waals surface area (Å²) >= 11 is 6.68. The van der Waals surface area contributed by atoms with Crippen LogP contribution in [-0.4, -0.2) is 79.4 Å². The number of benzene rings is 4. The largest absolute Gasteiger partial charge is 0.494 e. The molecule has 4 aliphatic rings. The minimum atomic E-state index is -1.08. The number of ether oxygens (including phenoxy) is 2. The predicted molar refractivity (Wildman–Crippen MR) is 252 cm³/mol. The average molecular weight is 937 g/mol. The minimum Gasteiger partial charge on any atom is -0.494 e. The van der Waals surface area contributed by atoms with Gasteiger partial charge in [0.05, 0.1) is 28.9 Å². The van der Waals surface area contributed by atoms with Gasteiger partial charge in [-0.3, -0.25) is 29.3 Å². The van der Waals surface area contributed by atoms with Crippen molar-refractivity contribution < 1.29 is 37.4 Å². The number of aromatic nitrogens is 2. The summed E-state index contributed by atoms with van der Waals surface area (Å²) in [5.41, 5.74) is 7.49. The van der Waals surface area contributed by atoms with Crippen LogP contribution in [0.4, 0.5) is 25.1 Å². The zero-order chi connectivity index (χ0) is 47.1. The lowest BCUT2D eigenvalue weighted by Crippen LogP contribution is -2.49. The van der Waals surface area contributed by atoms with E-state index in [-0.39, 0.29) is 70.0 Å². The normalized spacial score (nSPS) is 22.1. The van der Waals surface area contributed by atoms with E-state index >= 15 is 8.78 Å². The van der Waals surface area contributed by atoms with Gasteiger partial charge in [-0.05, 0) is 80.7 Å². The van der Waals surface area contributed by atoms with Crippen molar-refractivity contribution in [2.45, 2.75) is 75.9 Å². The predicted octanol–water partition coefficient (Wildman–Crippen LogP) is 7.69. The molecular formula is C50H55ClF2N8O6. The molecule has 17 heteroatoms. The number of carbonyl (C=O) groups excluding carboxylic acids is 4. The Morgan fingerprint density at radius 3 is 2.43 bits per heavy atom. The molecule has 1 saturated carbocycles. The van der Waals surface area contributed by atoms with Crippen molar-refractivity contribution in [2.75, 3.05) is 49.6 Å². The Kier molecular flexibility index (Phi) is 12.9. The molecule has 5 amide bonds. The summed E-state index contributed by atoms with van der Waals surface area (Å²) in [6, 6.07) is 19.1. The number of hydrogen-bond acceptors (Lipinski definition) is 9. The molecule has 5 aromatic rings. The first-order valence-electron chi connectivity index (χ1n) is 23.1. The average Bonchev–Trinajstić information content (AvgIpc) is 3.81. The second kappa shape index (κ2) is 18.8. The van der Waals surface area contributed by atoms with Crippen LogP contribution >= 0.6 is 11.6 Å². The van der Waals surface area contributed by atoms with E-state index in [0.29, 0.717) is 43.2 Å². The lowest BCUT2D eigenvalue weighted by atomic mass is 9.77. The molecular weight excluding hydrogens is 882 g/mol. The van der Waals surface area contributed by atoms with Gasteiger partial charge < -0.3 is 30.7 Å². The topological polar surface area (TPSA) is 173 Å². The van der Waals surface area contributed by atoms with Crippen molar-refractivity contribution in [1.29, 1.82) is 0 Å².